The molecule has 0 radical (unpaired) electrons. The van der Waals surface area contributed by atoms with Crippen LogP contribution in [0, 0.1) is 6.92 Å². The van der Waals surface area contributed by atoms with Gasteiger partial charge in [0.1, 0.15) is 13.2 Å². The van der Waals surface area contributed by atoms with Crippen molar-refractivity contribution < 1.29 is 28.7 Å². The second-order valence-corrected chi connectivity index (χ2v) is 4.84. The highest BCUT2D eigenvalue weighted by molar-refractivity contribution is 5.79. The number of aryl methyl sites for hydroxylation is 1. The summed E-state index contributed by atoms with van der Waals surface area (Å²) in [6.07, 6.45) is -0.255. The van der Waals surface area contributed by atoms with E-state index in [1.54, 1.807) is 13.8 Å². The number of carbonyl (C=O) groups is 2. The van der Waals surface area contributed by atoms with Crippen LogP contribution in [0.2, 0.25) is 0 Å². The number of aliphatic carboxylic acids is 1. The van der Waals surface area contributed by atoms with Gasteiger partial charge in [-0.2, -0.15) is 4.98 Å². The average Bonchev–Trinajstić information content (AvgIpc) is 2.73. The van der Waals surface area contributed by atoms with Crippen molar-refractivity contribution in [3.8, 4) is 0 Å². The fourth-order valence-electron chi connectivity index (χ4n) is 1.79. The zero-order valence-corrected chi connectivity index (χ0v) is 12.2. The molecule has 2 N–H and O–H groups in total. The first-order valence-corrected chi connectivity index (χ1v) is 6.23. The first-order chi connectivity index (χ1) is 9.84. The molecular formula is C12H19N3O6. The third kappa shape index (κ3) is 6.32. The molecular weight excluding hydrogens is 282 g/mol. The lowest BCUT2D eigenvalue weighted by Crippen LogP contribution is -2.51. The lowest BCUT2D eigenvalue weighted by Gasteiger charge is -2.28. The average molecular weight is 301 g/mol. The van der Waals surface area contributed by atoms with Gasteiger partial charge in [-0.3, -0.25) is 9.59 Å². The molecule has 1 amide bonds. The highest BCUT2D eigenvalue weighted by Gasteiger charge is 2.29. The Morgan fingerprint density at radius 3 is 2.71 bits per heavy atom. The van der Waals surface area contributed by atoms with E-state index in [0.29, 0.717) is 5.82 Å². The van der Waals surface area contributed by atoms with Crippen LogP contribution in [0.5, 0.6) is 0 Å². The van der Waals surface area contributed by atoms with E-state index >= 15 is 0 Å². The second kappa shape index (κ2) is 7.70. The number of aromatic nitrogens is 2. The molecule has 21 heavy (non-hydrogen) atoms. The van der Waals surface area contributed by atoms with Gasteiger partial charge in [0.25, 0.3) is 5.89 Å². The van der Waals surface area contributed by atoms with Gasteiger partial charge in [-0.1, -0.05) is 5.16 Å². The molecule has 0 fully saturated rings. The molecule has 0 saturated carbocycles. The number of carbonyl (C=O) groups excluding carboxylic acids is 1. The molecule has 1 rings (SSSR count). The Morgan fingerprint density at radius 1 is 1.48 bits per heavy atom. The van der Waals surface area contributed by atoms with Gasteiger partial charge < -0.3 is 24.4 Å². The molecule has 1 unspecified atom stereocenters. The monoisotopic (exact) mass is 301 g/mol. The van der Waals surface area contributed by atoms with E-state index in [2.05, 4.69) is 15.5 Å². The number of amides is 1. The van der Waals surface area contributed by atoms with Crippen molar-refractivity contribution in [1.29, 1.82) is 0 Å². The third-order valence-electron chi connectivity index (χ3n) is 2.47. The predicted octanol–water partition coefficient (Wildman–Crippen LogP) is -0.109. The molecule has 0 bridgehead atoms. The third-order valence-corrected chi connectivity index (χ3v) is 2.47. The maximum absolute atomic E-state index is 11.8. The molecule has 0 aliphatic carbocycles. The number of nitrogens with one attached hydrogen (secondary N) is 1. The minimum atomic E-state index is -1.03. The zero-order valence-electron chi connectivity index (χ0n) is 12.2. The van der Waals surface area contributed by atoms with Gasteiger partial charge in [0.2, 0.25) is 5.91 Å². The van der Waals surface area contributed by atoms with Crippen molar-refractivity contribution in [3.05, 3.63) is 11.7 Å². The highest BCUT2D eigenvalue weighted by Crippen LogP contribution is 2.10. The van der Waals surface area contributed by atoms with Crippen molar-refractivity contribution in [2.45, 2.75) is 32.4 Å². The number of rotatable bonds is 9. The summed E-state index contributed by atoms with van der Waals surface area (Å²) in [7, 11) is 1.43. The Morgan fingerprint density at radius 2 is 2.19 bits per heavy atom. The maximum Gasteiger partial charge on any atom is 0.305 e. The topological polar surface area (TPSA) is 124 Å². The Kier molecular flexibility index (Phi) is 6.25. The van der Waals surface area contributed by atoms with Gasteiger partial charge in [-0.25, -0.2) is 0 Å². The van der Waals surface area contributed by atoms with Crippen LogP contribution in [0.15, 0.2) is 4.52 Å². The molecule has 1 heterocycles. The van der Waals surface area contributed by atoms with Crippen molar-refractivity contribution in [2.75, 3.05) is 20.3 Å². The normalized spacial score (nSPS) is 13.7. The lowest BCUT2D eigenvalue weighted by molar-refractivity contribution is -0.140. The van der Waals surface area contributed by atoms with Crippen LogP contribution in [0.25, 0.3) is 0 Å². The number of nitrogens with zero attached hydrogens (tertiary/aromatic N) is 2. The summed E-state index contributed by atoms with van der Waals surface area (Å²) >= 11 is 0. The first kappa shape index (κ1) is 17.1. The van der Waals surface area contributed by atoms with Crippen molar-refractivity contribution in [1.82, 2.24) is 15.5 Å². The summed E-state index contributed by atoms with van der Waals surface area (Å²) in [5.41, 5.74) is -0.998. The number of ether oxygens (including phenoxy) is 2. The number of hydrogen-bond donors (Lipinski definition) is 2. The van der Waals surface area contributed by atoms with Crippen LogP contribution < -0.4 is 5.32 Å². The Bertz CT molecular complexity index is 489. The molecule has 0 spiro atoms. The van der Waals surface area contributed by atoms with Crippen LogP contribution in [0.3, 0.4) is 0 Å². The maximum atomic E-state index is 11.8. The van der Waals surface area contributed by atoms with Gasteiger partial charge in [0, 0.05) is 7.11 Å². The summed E-state index contributed by atoms with van der Waals surface area (Å²) in [6, 6.07) is 0. The van der Waals surface area contributed by atoms with Gasteiger partial charge in [-0.15, -0.1) is 0 Å². The zero-order chi connectivity index (χ0) is 15.9. The fourth-order valence-corrected chi connectivity index (χ4v) is 1.79. The van der Waals surface area contributed by atoms with Crippen molar-refractivity contribution >= 4 is 11.9 Å². The lowest BCUT2D eigenvalue weighted by atomic mass is 9.99. The summed E-state index contributed by atoms with van der Waals surface area (Å²) < 4.78 is 14.9. The first-order valence-electron chi connectivity index (χ1n) is 6.23. The van der Waals surface area contributed by atoms with Crippen LogP contribution in [-0.2, 0) is 25.7 Å². The molecule has 0 saturated heterocycles. The van der Waals surface area contributed by atoms with Gasteiger partial charge in [0.05, 0.1) is 18.6 Å². The van der Waals surface area contributed by atoms with Gasteiger partial charge >= 0.3 is 5.97 Å². The summed E-state index contributed by atoms with van der Waals surface area (Å²) in [6.45, 7) is 3.09. The molecule has 1 aromatic heterocycles. The number of methoxy groups -OCH3 is 1. The summed E-state index contributed by atoms with van der Waals surface area (Å²) in [5, 5.41) is 15.0. The minimum Gasteiger partial charge on any atom is -0.481 e. The standard InChI is InChI=1S/C12H19N3O6/c1-8-13-10(21-15-8)6-20-5-9(16)14-12(2,7-19-3)4-11(17)18/h4-7H2,1-3H3,(H,14,16)(H,17,18). The van der Waals surface area contributed by atoms with Crippen LogP contribution in [0.1, 0.15) is 25.1 Å². The van der Waals surface area contributed by atoms with E-state index < -0.39 is 17.4 Å². The van der Waals surface area contributed by atoms with Crippen LogP contribution in [-0.4, -0.2) is 53.0 Å². The molecule has 1 aromatic rings. The minimum absolute atomic E-state index is 0.00812. The number of carboxylic acids is 1. The second-order valence-electron chi connectivity index (χ2n) is 4.84. The Hall–Kier alpha value is -2.00. The number of carboxylic acid groups (broad SMARTS) is 1. The molecule has 9 nitrogen and oxygen atoms in total. The SMILES string of the molecule is COCC(C)(CC(=O)O)NC(=O)COCc1nc(C)no1. The van der Waals surface area contributed by atoms with Crippen LogP contribution in [0.4, 0.5) is 0 Å². The van der Waals surface area contributed by atoms with Gasteiger partial charge in [0.15, 0.2) is 5.82 Å². The van der Waals surface area contributed by atoms with Crippen molar-refractivity contribution in [3.63, 3.8) is 0 Å². The largest absolute Gasteiger partial charge is 0.481 e. The Labute approximate surface area is 121 Å². The van der Waals surface area contributed by atoms with E-state index in [1.165, 1.54) is 7.11 Å². The molecule has 1 atom stereocenters. The molecule has 118 valence electrons. The van der Waals surface area contributed by atoms with Crippen molar-refractivity contribution in [2.24, 2.45) is 0 Å². The summed E-state index contributed by atoms with van der Waals surface area (Å²) in [4.78, 5) is 26.5. The smallest absolute Gasteiger partial charge is 0.305 e. The van der Waals surface area contributed by atoms with E-state index in [4.69, 9.17) is 19.1 Å². The van der Waals surface area contributed by atoms with E-state index in [-0.39, 0.29) is 32.1 Å². The molecule has 9 heteroatoms. The molecule has 0 aliphatic rings. The molecule has 0 aliphatic heterocycles. The highest BCUT2D eigenvalue weighted by atomic mass is 16.5. The van der Waals surface area contributed by atoms with Gasteiger partial charge in [-0.05, 0) is 13.8 Å². The van der Waals surface area contributed by atoms with E-state index in [9.17, 15) is 9.59 Å². The van der Waals surface area contributed by atoms with E-state index in [0.717, 1.165) is 0 Å². The number of hydrogen-bond acceptors (Lipinski definition) is 7. The Balaban J connectivity index is 2.41. The predicted molar refractivity (Wildman–Crippen MR) is 69.4 cm³/mol. The fraction of sp³-hybridized carbons (Fsp3) is 0.667. The quantitative estimate of drug-likeness (QED) is 0.647. The summed E-state index contributed by atoms with van der Waals surface area (Å²) in [5.74, 6) is -0.734. The molecule has 0 aromatic carbocycles. The van der Waals surface area contributed by atoms with E-state index in [1.807, 2.05) is 0 Å². The van der Waals surface area contributed by atoms with Crippen LogP contribution >= 0.6 is 0 Å².